The molecule has 3 heteroatoms. The molecule has 2 nitrogen and oxygen atoms in total. The lowest BCUT2D eigenvalue weighted by Gasteiger charge is -1.92. The number of unbranched alkanes of at least 4 members (excludes halogenated alkanes) is 1. The van der Waals surface area contributed by atoms with Gasteiger partial charge in [-0.3, -0.25) is 4.79 Å². The van der Waals surface area contributed by atoms with Gasteiger partial charge in [-0.05, 0) is 13.3 Å². The van der Waals surface area contributed by atoms with Crippen LogP contribution in [0, 0.1) is 6.92 Å². The minimum Gasteiger partial charge on any atom is -0.292 e. The van der Waals surface area contributed by atoms with Gasteiger partial charge in [-0.2, -0.15) is 0 Å². The van der Waals surface area contributed by atoms with Crippen molar-refractivity contribution in [2.75, 3.05) is 0 Å². The van der Waals surface area contributed by atoms with Crippen LogP contribution in [0.2, 0.25) is 0 Å². The van der Waals surface area contributed by atoms with Crippen molar-refractivity contribution in [1.29, 1.82) is 0 Å². The van der Waals surface area contributed by atoms with Gasteiger partial charge in [0.1, 0.15) is 0 Å². The van der Waals surface area contributed by atoms with Gasteiger partial charge in [0.2, 0.25) is 0 Å². The Kier molecular flexibility index (Phi) is 3.41. The van der Waals surface area contributed by atoms with E-state index in [-0.39, 0.29) is 5.78 Å². The summed E-state index contributed by atoms with van der Waals surface area (Å²) in [5.74, 6) is 0.190. The van der Waals surface area contributed by atoms with E-state index >= 15 is 0 Å². The second kappa shape index (κ2) is 4.36. The third-order valence-electron chi connectivity index (χ3n) is 1.62. The second-order valence-electron chi connectivity index (χ2n) is 2.80. The van der Waals surface area contributed by atoms with E-state index < -0.39 is 0 Å². The fourth-order valence-corrected chi connectivity index (χ4v) is 1.66. The summed E-state index contributed by atoms with van der Waals surface area (Å²) in [6.07, 6.45) is 4.43. The van der Waals surface area contributed by atoms with Gasteiger partial charge in [0, 0.05) is 17.5 Å². The van der Waals surface area contributed by atoms with Gasteiger partial charge in [-0.1, -0.05) is 13.3 Å². The number of Topliss-reactive ketones (excluding diaryl/α,β-unsaturated/α-hetero) is 1. The molecule has 1 heterocycles. The van der Waals surface area contributed by atoms with Gasteiger partial charge in [0.05, 0.1) is 0 Å². The van der Waals surface area contributed by atoms with Crippen molar-refractivity contribution < 1.29 is 4.79 Å². The van der Waals surface area contributed by atoms with Crippen LogP contribution in [0.3, 0.4) is 0 Å². The summed E-state index contributed by atoms with van der Waals surface area (Å²) < 4.78 is 0. The van der Waals surface area contributed by atoms with Crippen molar-refractivity contribution in [2.45, 2.75) is 33.1 Å². The highest BCUT2D eigenvalue weighted by molar-refractivity contribution is 7.13. The molecule has 0 bridgehead atoms. The average Bonchev–Trinajstić information content (AvgIpc) is 2.47. The number of carbonyl (C=O) groups excluding carboxylic acids is 1. The number of hydrogen-bond acceptors (Lipinski definition) is 3. The number of nitrogens with zero attached hydrogens (tertiary/aromatic N) is 1. The molecule has 0 aliphatic heterocycles. The first-order chi connectivity index (χ1) is 5.74. The summed E-state index contributed by atoms with van der Waals surface area (Å²) in [6.45, 7) is 4.05. The lowest BCUT2D eigenvalue weighted by molar-refractivity contribution is 0.0979. The molecule has 0 N–H and O–H groups in total. The van der Waals surface area contributed by atoms with E-state index in [1.54, 1.807) is 6.20 Å². The first-order valence-electron chi connectivity index (χ1n) is 4.19. The molecule has 0 radical (unpaired) electrons. The number of hydrogen-bond donors (Lipinski definition) is 0. The minimum atomic E-state index is 0.190. The van der Waals surface area contributed by atoms with Crippen LogP contribution >= 0.6 is 11.3 Å². The van der Waals surface area contributed by atoms with Gasteiger partial charge < -0.3 is 0 Å². The van der Waals surface area contributed by atoms with Gasteiger partial charge in [-0.25, -0.2) is 4.98 Å². The molecule has 0 aliphatic carbocycles. The molecule has 0 fully saturated rings. The van der Waals surface area contributed by atoms with E-state index in [2.05, 4.69) is 11.9 Å². The standard InChI is InChI=1S/C9H13NOS/c1-3-4-5-8(11)9-10-6-7(2)12-9/h6H,3-5H2,1-2H3. The zero-order chi connectivity index (χ0) is 8.97. The molecule has 0 aromatic carbocycles. The molecule has 66 valence electrons. The van der Waals surface area contributed by atoms with E-state index in [4.69, 9.17) is 0 Å². The number of thiazole rings is 1. The molecule has 0 saturated heterocycles. The summed E-state index contributed by atoms with van der Waals surface area (Å²) in [5.41, 5.74) is 0. The summed E-state index contributed by atoms with van der Waals surface area (Å²) in [7, 11) is 0. The molecule has 0 spiro atoms. The molecule has 0 amide bonds. The van der Waals surface area contributed by atoms with Crippen molar-refractivity contribution in [3.8, 4) is 0 Å². The third kappa shape index (κ3) is 2.41. The number of aryl methyl sites for hydroxylation is 1. The Labute approximate surface area is 76.6 Å². The molecule has 1 aromatic heterocycles. The molecular weight excluding hydrogens is 170 g/mol. The second-order valence-corrected chi connectivity index (χ2v) is 4.04. The Bertz CT molecular complexity index is 267. The highest BCUT2D eigenvalue weighted by Gasteiger charge is 2.08. The molecule has 0 aliphatic rings. The van der Waals surface area contributed by atoms with Crippen molar-refractivity contribution in [1.82, 2.24) is 4.98 Å². The van der Waals surface area contributed by atoms with E-state index in [1.807, 2.05) is 6.92 Å². The van der Waals surface area contributed by atoms with Crippen molar-refractivity contribution in [3.05, 3.63) is 16.1 Å². The van der Waals surface area contributed by atoms with Crippen LogP contribution in [-0.4, -0.2) is 10.8 Å². The van der Waals surface area contributed by atoms with Crippen LogP contribution in [0.4, 0.5) is 0 Å². The highest BCUT2D eigenvalue weighted by atomic mass is 32.1. The third-order valence-corrected chi connectivity index (χ3v) is 2.57. The predicted octanol–water partition coefficient (Wildman–Crippen LogP) is 2.82. The van der Waals surface area contributed by atoms with Crippen molar-refractivity contribution in [3.63, 3.8) is 0 Å². The smallest absolute Gasteiger partial charge is 0.191 e. The molecule has 1 aromatic rings. The molecule has 0 unspecified atom stereocenters. The molecule has 1 rings (SSSR count). The maximum Gasteiger partial charge on any atom is 0.191 e. The SMILES string of the molecule is CCCCC(=O)c1ncc(C)s1. The summed E-state index contributed by atoms with van der Waals surface area (Å²) in [6, 6.07) is 0. The maximum absolute atomic E-state index is 11.4. The quantitative estimate of drug-likeness (QED) is 0.672. The lowest BCUT2D eigenvalue weighted by atomic mass is 10.2. The normalized spacial score (nSPS) is 10.2. The first-order valence-corrected chi connectivity index (χ1v) is 5.01. The summed E-state index contributed by atoms with van der Waals surface area (Å²) in [5, 5.41) is 0.668. The number of carbonyl (C=O) groups is 1. The number of aromatic nitrogens is 1. The fourth-order valence-electron chi connectivity index (χ4n) is 0.928. The van der Waals surface area contributed by atoms with Gasteiger partial charge in [0.25, 0.3) is 0 Å². The van der Waals surface area contributed by atoms with Crippen LogP contribution in [0.25, 0.3) is 0 Å². The average molecular weight is 183 g/mol. The molecule has 12 heavy (non-hydrogen) atoms. The van der Waals surface area contributed by atoms with Crippen LogP contribution in [0.15, 0.2) is 6.20 Å². The van der Waals surface area contributed by atoms with Crippen LogP contribution in [0.5, 0.6) is 0 Å². The minimum absolute atomic E-state index is 0.190. The molecule has 0 atom stereocenters. The monoisotopic (exact) mass is 183 g/mol. The Hall–Kier alpha value is -0.700. The lowest BCUT2D eigenvalue weighted by Crippen LogP contribution is -1.96. The Morgan fingerprint density at radius 3 is 2.92 bits per heavy atom. The predicted molar refractivity (Wildman–Crippen MR) is 50.7 cm³/mol. The maximum atomic E-state index is 11.4. The Morgan fingerprint density at radius 2 is 2.42 bits per heavy atom. The zero-order valence-electron chi connectivity index (χ0n) is 7.46. The van der Waals surface area contributed by atoms with E-state index in [0.717, 1.165) is 17.7 Å². The molecule has 0 saturated carbocycles. The van der Waals surface area contributed by atoms with Gasteiger partial charge in [0.15, 0.2) is 10.8 Å². The first kappa shape index (κ1) is 9.39. The van der Waals surface area contributed by atoms with Gasteiger partial charge >= 0.3 is 0 Å². The van der Waals surface area contributed by atoms with Crippen molar-refractivity contribution in [2.24, 2.45) is 0 Å². The fraction of sp³-hybridized carbons (Fsp3) is 0.556. The van der Waals surface area contributed by atoms with Crippen molar-refractivity contribution >= 4 is 17.1 Å². The zero-order valence-corrected chi connectivity index (χ0v) is 8.28. The topological polar surface area (TPSA) is 30.0 Å². The summed E-state index contributed by atoms with van der Waals surface area (Å²) in [4.78, 5) is 16.5. The summed E-state index contributed by atoms with van der Waals surface area (Å²) >= 11 is 1.49. The highest BCUT2D eigenvalue weighted by Crippen LogP contribution is 2.14. The Morgan fingerprint density at radius 1 is 1.67 bits per heavy atom. The van der Waals surface area contributed by atoms with Gasteiger partial charge in [-0.15, -0.1) is 11.3 Å². The Balaban J connectivity index is 2.53. The van der Waals surface area contributed by atoms with E-state index in [0.29, 0.717) is 11.4 Å². The van der Waals surface area contributed by atoms with E-state index in [9.17, 15) is 4.79 Å². The largest absolute Gasteiger partial charge is 0.292 e. The van der Waals surface area contributed by atoms with Crippen LogP contribution in [0.1, 0.15) is 40.9 Å². The van der Waals surface area contributed by atoms with E-state index in [1.165, 1.54) is 11.3 Å². The van der Waals surface area contributed by atoms with Crippen LogP contribution < -0.4 is 0 Å². The number of rotatable bonds is 4. The number of ketones is 1. The van der Waals surface area contributed by atoms with Crippen LogP contribution in [-0.2, 0) is 0 Å². The molecular formula is C9H13NOS.